The molecule has 168 valence electrons. The molecule has 0 aromatic heterocycles. The van der Waals surface area contributed by atoms with E-state index in [-0.39, 0.29) is 33.5 Å². The van der Waals surface area contributed by atoms with Crippen LogP contribution in [-0.2, 0) is 24.4 Å². The molecule has 1 heterocycles. The second kappa shape index (κ2) is 9.88. The van der Waals surface area contributed by atoms with Crippen molar-refractivity contribution in [2.75, 3.05) is 20.3 Å². The highest BCUT2D eigenvalue weighted by Crippen LogP contribution is 2.38. The molecule has 9 nitrogen and oxygen atoms in total. The lowest BCUT2D eigenvalue weighted by molar-refractivity contribution is -0.145. The van der Waals surface area contributed by atoms with E-state index in [9.17, 15) is 22.8 Å². The van der Waals surface area contributed by atoms with Crippen LogP contribution in [0, 0.1) is 0 Å². The number of carbonyl (C=O) groups is 3. The van der Waals surface area contributed by atoms with Gasteiger partial charge in [-0.1, -0.05) is 30.3 Å². The van der Waals surface area contributed by atoms with E-state index in [0.717, 1.165) is 4.90 Å². The zero-order valence-electron chi connectivity index (χ0n) is 17.1. The van der Waals surface area contributed by atoms with Gasteiger partial charge >= 0.3 is 16.1 Å². The highest BCUT2D eigenvalue weighted by Gasteiger charge is 2.37. The Morgan fingerprint density at radius 2 is 1.81 bits per heavy atom. The Kier molecular flexibility index (Phi) is 7.21. The minimum atomic E-state index is -4.20. The lowest BCUT2D eigenvalue weighted by Crippen LogP contribution is -2.34. The van der Waals surface area contributed by atoms with Gasteiger partial charge < -0.3 is 13.7 Å². The number of amides is 2. The molecule has 1 aliphatic rings. The molecule has 2 aromatic rings. The van der Waals surface area contributed by atoms with Crippen LogP contribution in [0.15, 0.2) is 58.3 Å². The molecule has 3 rings (SSSR count). The largest absolute Gasteiger partial charge is 0.493 e. The first kappa shape index (κ1) is 23.4. The van der Waals surface area contributed by atoms with E-state index >= 15 is 0 Å². The van der Waals surface area contributed by atoms with Crippen molar-refractivity contribution in [3.05, 3.63) is 59.0 Å². The average molecular weight is 478 g/mol. The number of hydrogen-bond acceptors (Lipinski definition) is 9. The SMILES string of the molecule is CCOC(=O)CN1C(=O)S/C(=C\c2cccc(OC)c2OS(=O)(=O)c2ccccc2)C1=O. The molecule has 1 saturated heterocycles. The number of rotatable bonds is 8. The molecule has 0 unspecified atom stereocenters. The summed E-state index contributed by atoms with van der Waals surface area (Å²) < 4.78 is 40.8. The highest BCUT2D eigenvalue weighted by atomic mass is 32.2. The second-order valence-electron chi connectivity index (χ2n) is 6.30. The van der Waals surface area contributed by atoms with Crippen molar-refractivity contribution in [2.45, 2.75) is 11.8 Å². The summed E-state index contributed by atoms with van der Waals surface area (Å²) in [6, 6.07) is 12.1. The van der Waals surface area contributed by atoms with Crippen molar-refractivity contribution in [1.82, 2.24) is 4.90 Å². The maximum absolute atomic E-state index is 12.7. The van der Waals surface area contributed by atoms with Crippen LogP contribution in [0.3, 0.4) is 0 Å². The number of nitrogens with zero attached hydrogens (tertiary/aromatic N) is 1. The normalized spacial score (nSPS) is 15.2. The van der Waals surface area contributed by atoms with Crippen molar-refractivity contribution >= 4 is 45.1 Å². The van der Waals surface area contributed by atoms with Crippen LogP contribution in [-0.4, -0.2) is 50.7 Å². The lowest BCUT2D eigenvalue weighted by Gasteiger charge is -2.13. The number of ether oxygens (including phenoxy) is 2. The highest BCUT2D eigenvalue weighted by molar-refractivity contribution is 8.18. The first-order valence-electron chi connectivity index (χ1n) is 9.34. The monoisotopic (exact) mass is 477 g/mol. The van der Waals surface area contributed by atoms with Crippen LogP contribution in [0.25, 0.3) is 6.08 Å². The minimum absolute atomic E-state index is 0.00508. The third kappa shape index (κ3) is 5.11. The van der Waals surface area contributed by atoms with E-state index in [4.69, 9.17) is 13.7 Å². The van der Waals surface area contributed by atoms with Crippen LogP contribution in [0.2, 0.25) is 0 Å². The summed E-state index contributed by atoms with van der Waals surface area (Å²) in [5.74, 6) is -1.44. The predicted molar refractivity (Wildman–Crippen MR) is 117 cm³/mol. The second-order valence-corrected chi connectivity index (χ2v) is 8.84. The van der Waals surface area contributed by atoms with Crippen molar-refractivity contribution < 1.29 is 36.5 Å². The molecule has 1 aliphatic heterocycles. The summed E-state index contributed by atoms with van der Waals surface area (Å²) in [6.07, 6.45) is 1.31. The third-order valence-electron chi connectivity index (χ3n) is 4.21. The van der Waals surface area contributed by atoms with Gasteiger partial charge in [0.15, 0.2) is 11.5 Å². The standard InChI is InChI=1S/C21H19NO8S2/c1-3-29-18(23)13-22-20(24)17(31-21(22)25)12-14-8-7-11-16(28-2)19(14)30-32(26,27)15-9-5-4-6-10-15/h4-12H,3,13H2,1-2H3/b17-12-. The first-order chi connectivity index (χ1) is 15.3. The molecule has 0 bridgehead atoms. The summed E-state index contributed by atoms with van der Waals surface area (Å²) in [5.41, 5.74) is 0.200. The van der Waals surface area contributed by atoms with Gasteiger partial charge in [0, 0.05) is 5.56 Å². The number of esters is 1. The van der Waals surface area contributed by atoms with Gasteiger partial charge in [-0.15, -0.1) is 0 Å². The molecule has 0 atom stereocenters. The molecule has 11 heteroatoms. The van der Waals surface area contributed by atoms with Gasteiger partial charge in [0.25, 0.3) is 11.1 Å². The number of thioether (sulfide) groups is 1. The topological polar surface area (TPSA) is 116 Å². The average Bonchev–Trinajstić information content (AvgIpc) is 3.03. The van der Waals surface area contributed by atoms with Crippen LogP contribution < -0.4 is 8.92 Å². The third-order valence-corrected chi connectivity index (χ3v) is 6.35. The quantitative estimate of drug-likeness (QED) is 0.321. The van der Waals surface area contributed by atoms with Crippen molar-refractivity contribution in [3.8, 4) is 11.5 Å². The predicted octanol–water partition coefficient (Wildman–Crippen LogP) is 3.06. The fourth-order valence-corrected chi connectivity index (χ4v) is 4.57. The van der Waals surface area contributed by atoms with Gasteiger partial charge in [0.05, 0.1) is 18.6 Å². The Morgan fingerprint density at radius 1 is 1.09 bits per heavy atom. The molecule has 0 radical (unpaired) electrons. The number of para-hydroxylation sites is 1. The molecule has 0 spiro atoms. The Balaban J connectivity index is 1.96. The van der Waals surface area contributed by atoms with Crippen molar-refractivity contribution in [1.29, 1.82) is 0 Å². The smallest absolute Gasteiger partial charge is 0.339 e. The Morgan fingerprint density at radius 3 is 2.47 bits per heavy atom. The van der Waals surface area contributed by atoms with Gasteiger partial charge in [0.1, 0.15) is 11.4 Å². The van der Waals surface area contributed by atoms with E-state index in [0.29, 0.717) is 11.8 Å². The molecular formula is C21H19NO8S2. The van der Waals surface area contributed by atoms with Crippen molar-refractivity contribution in [3.63, 3.8) is 0 Å². The molecule has 1 fully saturated rings. The number of benzene rings is 2. The van der Waals surface area contributed by atoms with E-state index in [2.05, 4.69) is 0 Å². The van der Waals surface area contributed by atoms with E-state index in [1.54, 1.807) is 31.2 Å². The van der Waals surface area contributed by atoms with Crippen molar-refractivity contribution in [2.24, 2.45) is 0 Å². The maximum atomic E-state index is 12.7. The molecule has 2 aromatic carbocycles. The molecule has 0 saturated carbocycles. The number of carbonyl (C=O) groups excluding carboxylic acids is 3. The van der Waals surface area contributed by atoms with Gasteiger partial charge in [-0.2, -0.15) is 8.42 Å². The fraction of sp³-hybridized carbons (Fsp3) is 0.190. The zero-order valence-corrected chi connectivity index (χ0v) is 18.8. The molecule has 2 amide bonds. The van der Waals surface area contributed by atoms with Crippen LogP contribution in [0.5, 0.6) is 11.5 Å². The summed E-state index contributed by atoms with van der Waals surface area (Å²) in [7, 11) is -2.86. The van der Waals surface area contributed by atoms with E-state index < -0.39 is 33.8 Å². The van der Waals surface area contributed by atoms with Crippen LogP contribution in [0.4, 0.5) is 4.79 Å². The lowest BCUT2D eigenvalue weighted by atomic mass is 10.1. The summed E-state index contributed by atoms with van der Waals surface area (Å²) in [6.45, 7) is 1.21. The fourth-order valence-electron chi connectivity index (χ4n) is 2.75. The number of imide groups is 1. The van der Waals surface area contributed by atoms with Gasteiger partial charge in [-0.3, -0.25) is 19.3 Å². The van der Waals surface area contributed by atoms with Crippen LogP contribution in [0.1, 0.15) is 12.5 Å². The minimum Gasteiger partial charge on any atom is -0.493 e. The first-order valence-corrected chi connectivity index (χ1v) is 11.6. The Bertz CT molecular complexity index is 1180. The van der Waals surface area contributed by atoms with Gasteiger partial charge in [-0.05, 0) is 43.0 Å². The summed E-state index contributed by atoms with van der Waals surface area (Å²) in [5, 5.41) is -0.642. The number of hydrogen-bond donors (Lipinski definition) is 0. The van der Waals surface area contributed by atoms with Crippen LogP contribution >= 0.6 is 11.8 Å². The molecule has 32 heavy (non-hydrogen) atoms. The van der Waals surface area contributed by atoms with E-state index in [1.165, 1.54) is 37.5 Å². The van der Waals surface area contributed by atoms with Gasteiger partial charge in [0.2, 0.25) is 0 Å². The Hall–Kier alpha value is -3.31. The summed E-state index contributed by atoms with van der Waals surface area (Å²) in [4.78, 5) is 37.2. The zero-order chi connectivity index (χ0) is 23.3. The molecule has 0 N–H and O–H groups in total. The Labute approximate surface area is 189 Å². The molecule has 0 aliphatic carbocycles. The molecular weight excluding hydrogens is 458 g/mol. The summed E-state index contributed by atoms with van der Waals surface area (Å²) >= 11 is 0.618. The maximum Gasteiger partial charge on any atom is 0.339 e. The number of methoxy groups -OCH3 is 1. The van der Waals surface area contributed by atoms with Gasteiger partial charge in [-0.25, -0.2) is 0 Å². The van der Waals surface area contributed by atoms with E-state index in [1.807, 2.05) is 0 Å².